The van der Waals surface area contributed by atoms with Crippen LogP contribution in [0.4, 0.5) is 0 Å². The molecule has 1 atom stereocenters. The maximum absolute atomic E-state index is 5.48. The molecule has 1 aromatic rings. The molecule has 0 spiro atoms. The number of hydrogen-bond acceptors (Lipinski definition) is 3. The molecule has 1 fully saturated rings. The molecule has 0 aromatic carbocycles. The Bertz CT molecular complexity index is 313. The predicted molar refractivity (Wildman–Crippen MR) is 58.9 cm³/mol. The number of aryl methyl sites for hydroxylation is 2. The SMILES string of the molecule is Cc1cc(CNC2CCCOC2)c(C)o1. The van der Waals surface area contributed by atoms with E-state index in [1.54, 1.807) is 0 Å². The first-order valence-electron chi connectivity index (χ1n) is 5.63. The zero-order valence-electron chi connectivity index (χ0n) is 9.51. The third-order valence-corrected chi connectivity index (χ3v) is 2.89. The molecule has 1 aromatic heterocycles. The van der Waals surface area contributed by atoms with Crippen molar-refractivity contribution in [3.63, 3.8) is 0 Å². The van der Waals surface area contributed by atoms with E-state index in [2.05, 4.69) is 11.4 Å². The molecule has 1 aliphatic rings. The van der Waals surface area contributed by atoms with E-state index in [-0.39, 0.29) is 0 Å². The lowest BCUT2D eigenvalue weighted by molar-refractivity contribution is 0.0699. The highest BCUT2D eigenvalue weighted by Gasteiger charge is 2.13. The topological polar surface area (TPSA) is 34.4 Å². The molecule has 0 aliphatic carbocycles. The fraction of sp³-hybridized carbons (Fsp3) is 0.667. The number of furan rings is 1. The molecule has 2 rings (SSSR count). The normalized spacial score (nSPS) is 21.9. The summed E-state index contributed by atoms with van der Waals surface area (Å²) in [6.07, 6.45) is 2.39. The lowest BCUT2D eigenvalue weighted by Crippen LogP contribution is -2.36. The van der Waals surface area contributed by atoms with Gasteiger partial charge >= 0.3 is 0 Å². The lowest BCUT2D eigenvalue weighted by atomic mass is 10.1. The summed E-state index contributed by atoms with van der Waals surface area (Å²) in [5.74, 6) is 2.01. The fourth-order valence-corrected chi connectivity index (χ4v) is 2.01. The van der Waals surface area contributed by atoms with Gasteiger partial charge in [0.1, 0.15) is 11.5 Å². The Morgan fingerprint density at radius 2 is 2.33 bits per heavy atom. The van der Waals surface area contributed by atoms with E-state index in [1.807, 2.05) is 13.8 Å². The first kappa shape index (κ1) is 10.7. The van der Waals surface area contributed by atoms with E-state index < -0.39 is 0 Å². The number of hydrogen-bond donors (Lipinski definition) is 1. The van der Waals surface area contributed by atoms with E-state index >= 15 is 0 Å². The fourth-order valence-electron chi connectivity index (χ4n) is 2.01. The Morgan fingerprint density at radius 3 is 2.93 bits per heavy atom. The molecule has 1 aliphatic heterocycles. The molecule has 1 N–H and O–H groups in total. The molecule has 3 heteroatoms. The first-order chi connectivity index (χ1) is 7.25. The van der Waals surface area contributed by atoms with Crippen molar-refractivity contribution in [2.75, 3.05) is 13.2 Å². The van der Waals surface area contributed by atoms with Gasteiger partial charge in [-0.15, -0.1) is 0 Å². The van der Waals surface area contributed by atoms with Crippen LogP contribution < -0.4 is 5.32 Å². The van der Waals surface area contributed by atoms with Gasteiger partial charge in [0.05, 0.1) is 6.61 Å². The first-order valence-corrected chi connectivity index (χ1v) is 5.63. The minimum atomic E-state index is 0.508. The summed E-state index contributed by atoms with van der Waals surface area (Å²) < 4.78 is 10.9. The molecular weight excluding hydrogens is 190 g/mol. The molecule has 0 radical (unpaired) electrons. The smallest absolute Gasteiger partial charge is 0.105 e. The van der Waals surface area contributed by atoms with Crippen LogP contribution in [-0.4, -0.2) is 19.3 Å². The molecule has 15 heavy (non-hydrogen) atoms. The third kappa shape index (κ3) is 2.83. The number of ether oxygens (including phenoxy) is 1. The standard InChI is InChI=1S/C12H19NO2/c1-9-6-11(10(2)15-9)7-13-12-4-3-5-14-8-12/h6,12-13H,3-5,7-8H2,1-2H3. The Morgan fingerprint density at radius 1 is 1.47 bits per heavy atom. The second kappa shape index (κ2) is 4.81. The third-order valence-electron chi connectivity index (χ3n) is 2.89. The quantitative estimate of drug-likeness (QED) is 0.828. The molecule has 84 valence electrons. The van der Waals surface area contributed by atoms with Crippen LogP contribution in [0.25, 0.3) is 0 Å². The van der Waals surface area contributed by atoms with Crippen molar-refractivity contribution in [2.24, 2.45) is 0 Å². The molecule has 2 heterocycles. The van der Waals surface area contributed by atoms with Crippen LogP contribution in [-0.2, 0) is 11.3 Å². The largest absolute Gasteiger partial charge is 0.466 e. The maximum atomic E-state index is 5.48. The second-order valence-electron chi connectivity index (χ2n) is 4.23. The molecule has 0 amide bonds. The number of nitrogens with one attached hydrogen (secondary N) is 1. The average Bonchev–Trinajstić information content (AvgIpc) is 2.56. The van der Waals surface area contributed by atoms with Crippen LogP contribution in [0.3, 0.4) is 0 Å². The monoisotopic (exact) mass is 209 g/mol. The van der Waals surface area contributed by atoms with Crippen LogP contribution in [0, 0.1) is 13.8 Å². The summed E-state index contributed by atoms with van der Waals surface area (Å²) in [5.41, 5.74) is 1.26. The molecule has 1 unspecified atom stereocenters. The van der Waals surface area contributed by atoms with Crippen molar-refractivity contribution >= 4 is 0 Å². The number of rotatable bonds is 3. The van der Waals surface area contributed by atoms with Crippen molar-refractivity contribution in [3.05, 3.63) is 23.2 Å². The molecule has 3 nitrogen and oxygen atoms in total. The van der Waals surface area contributed by atoms with Crippen molar-refractivity contribution < 1.29 is 9.15 Å². The molecular formula is C12H19NO2. The molecule has 0 saturated carbocycles. The minimum absolute atomic E-state index is 0.508. The van der Waals surface area contributed by atoms with Gasteiger partial charge in [-0.25, -0.2) is 0 Å². The van der Waals surface area contributed by atoms with Crippen molar-refractivity contribution in [3.8, 4) is 0 Å². The van der Waals surface area contributed by atoms with Gasteiger partial charge in [0.25, 0.3) is 0 Å². The summed E-state index contributed by atoms with van der Waals surface area (Å²) in [7, 11) is 0. The van der Waals surface area contributed by atoms with E-state index in [9.17, 15) is 0 Å². The Hall–Kier alpha value is -0.800. The van der Waals surface area contributed by atoms with Gasteiger partial charge in [0.15, 0.2) is 0 Å². The summed E-state index contributed by atoms with van der Waals surface area (Å²) in [6.45, 7) is 6.65. The summed E-state index contributed by atoms with van der Waals surface area (Å²) in [6, 6.07) is 2.61. The van der Waals surface area contributed by atoms with Crippen LogP contribution in [0.1, 0.15) is 29.9 Å². The van der Waals surface area contributed by atoms with Gasteiger partial charge in [0.2, 0.25) is 0 Å². The van der Waals surface area contributed by atoms with Gasteiger partial charge in [0, 0.05) is 24.8 Å². The molecule has 0 bridgehead atoms. The summed E-state index contributed by atoms with van der Waals surface area (Å²) >= 11 is 0. The Balaban J connectivity index is 1.84. The summed E-state index contributed by atoms with van der Waals surface area (Å²) in [5, 5.41) is 3.51. The van der Waals surface area contributed by atoms with Gasteiger partial charge in [-0.2, -0.15) is 0 Å². The highest BCUT2D eigenvalue weighted by Crippen LogP contribution is 2.14. The average molecular weight is 209 g/mol. The zero-order valence-corrected chi connectivity index (χ0v) is 9.51. The lowest BCUT2D eigenvalue weighted by Gasteiger charge is -2.23. The highest BCUT2D eigenvalue weighted by molar-refractivity contribution is 5.19. The van der Waals surface area contributed by atoms with Gasteiger partial charge in [-0.05, 0) is 32.8 Å². The second-order valence-corrected chi connectivity index (χ2v) is 4.23. The predicted octanol–water partition coefficient (Wildman–Crippen LogP) is 2.17. The highest BCUT2D eigenvalue weighted by atomic mass is 16.5. The van der Waals surface area contributed by atoms with E-state index in [0.29, 0.717) is 6.04 Å². The van der Waals surface area contributed by atoms with Crippen LogP contribution >= 0.6 is 0 Å². The van der Waals surface area contributed by atoms with Gasteiger partial charge < -0.3 is 14.5 Å². The van der Waals surface area contributed by atoms with Gasteiger partial charge in [-0.3, -0.25) is 0 Å². The Labute approximate surface area is 90.8 Å². The van der Waals surface area contributed by atoms with E-state index in [4.69, 9.17) is 9.15 Å². The Kier molecular flexibility index (Phi) is 3.44. The zero-order chi connectivity index (χ0) is 10.7. The van der Waals surface area contributed by atoms with Crippen molar-refractivity contribution in [1.29, 1.82) is 0 Å². The van der Waals surface area contributed by atoms with Gasteiger partial charge in [-0.1, -0.05) is 0 Å². The summed E-state index contributed by atoms with van der Waals surface area (Å²) in [4.78, 5) is 0. The molecule has 1 saturated heterocycles. The minimum Gasteiger partial charge on any atom is -0.466 e. The van der Waals surface area contributed by atoms with Crippen LogP contribution in [0.2, 0.25) is 0 Å². The van der Waals surface area contributed by atoms with Crippen LogP contribution in [0.15, 0.2) is 10.5 Å². The maximum Gasteiger partial charge on any atom is 0.105 e. The van der Waals surface area contributed by atoms with Crippen molar-refractivity contribution in [1.82, 2.24) is 5.32 Å². The van der Waals surface area contributed by atoms with E-state index in [0.717, 1.165) is 31.3 Å². The van der Waals surface area contributed by atoms with Crippen LogP contribution in [0.5, 0.6) is 0 Å². The van der Waals surface area contributed by atoms with E-state index in [1.165, 1.54) is 18.4 Å². The van der Waals surface area contributed by atoms with Crippen molar-refractivity contribution in [2.45, 2.75) is 39.3 Å².